The lowest BCUT2D eigenvalue weighted by Gasteiger charge is -2.14. The first-order valence-electron chi connectivity index (χ1n) is 5.54. The molecular weight excluding hydrogens is 490 g/mol. The van der Waals surface area contributed by atoms with E-state index in [0.29, 0.717) is 10.9 Å². The van der Waals surface area contributed by atoms with Crippen LogP contribution in [0.2, 0.25) is 0 Å². The highest BCUT2D eigenvalue weighted by atomic mass is 127. The number of rotatable bonds is 3. The molecule has 2 aromatic rings. The monoisotopic (exact) mass is 498 g/mol. The van der Waals surface area contributed by atoms with E-state index in [4.69, 9.17) is 0 Å². The van der Waals surface area contributed by atoms with E-state index in [1.807, 2.05) is 18.2 Å². The van der Waals surface area contributed by atoms with Crippen LogP contribution in [0.15, 0.2) is 45.3 Å². The zero-order valence-corrected chi connectivity index (χ0v) is 15.0. The summed E-state index contributed by atoms with van der Waals surface area (Å²) in [5, 5.41) is 10.3. The first-order chi connectivity index (χ1) is 8.97. The van der Waals surface area contributed by atoms with E-state index < -0.39 is 6.10 Å². The molecule has 19 heavy (non-hydrogen) atoms. The zero-order chi connectivity index (χ0) is 14.0. The van der Waals surface area contributed by atoms with E-state index in [2.05, 4.69) is 54.5 Å². The molecule has 0 heterocycles. The Hall–Kier alpha value is 0.0200. The highest BCUT2D eigenvalue weighted by Gasteiger charge is 2.13. The molecule has 2 aromatic carbocycles. The number of aliphatic hydroxyl groups excluding tert-OH is 1. The second kappa shape index (κ2) is 6.65. The molecule has 0 aliphatic carbocycles. The van der Waals surface area contributed by atoms with Gasteiger partial charge in [0.2, 0.25) is 0 Å². The van der Waals surface area contributed by atoms with Crippen molar-refractivity contribution in [2.45, 2.75) is 12.5 Å². The second-order valence-electron chi connectivity index (χ2n) is 4.13. The fourth-order valence-electron chi connectivity index (χ4n) is 1.77. The number of hydrogen-bond acceptors (Lipinski definition) is 1. The predicted molar refractivity (Wildman–Crippen MR) is 89.6 cm³/mol. The van der Waals surface area contributed by atoms with Crippen LogP contribution in [-0.2, 0) is 6.42 Å². The molecule has 100 valence electrons. The zero-order valence-electron chi connectivity index (χ0n) is 9.71. The van der Waals surface area contributed by atoms with Gasteiger partial charge in [0.15, 0.2) is 0 Å². The van der Waals surface area contributed by atoms with Gasteiger partial charge in [-0.2, -0.15) is 0 Å². The Balaban J connectivity index is 2.22. The topological polar surface area (TPSA) is 20.2 Å². The standard InChI is InChI=1S/C14H10Br2FIO/c15-11-3-2-9(18)7-10(11)14(19)6-8-1-4-13(17)12(16)5-8/h1-5,7,14,19H,6H2. The molecule has 2 rings (SSSR count). The molecule has 1 N–H and O–H groups in total. The Kier molecular flexibility index (Phi) is 5.39. The van der Waals surface area contributed by atoms with Crippen LogP contribution in [0.5, 0.6) is 0 Å². The van der Waals surface area contributed by atoms with E-state index >= 15 is 0 Å². The van der Waals surface area contributed by atoms with Crippen molar-refractivity contribution >= 4 is 54.5 Å². The Morgan fingerprint density at radius 2 is 1.84 bits per heavy atom. The average molecular weight is 500 g/mol. The molecule has 0 amide bonds. The van der Waals surface area contributed by atoms with E-state index in [-0.39, 0.29) is 5.82 Å². The third-order valence-electron chi connectivity index (χ3n) is 2.73. The van der Waals surface area contributed by atoms with Crippen LogP contribution >= 0.6 is 54.5 Å². The molecule has 0 saturated carbocycles. The molecule has 5 heteroatoms. The fourth-order valence-corrected chi connectivity index (χ4v) is 3.22. The molecule has 0 radical (unpaired) electrons. The van der Waals surface area contributed by atoms with E-state index in [1.54, 1.807) is 12.1 Å². The van der Waals surface area contributed by atoms with Crippen molar-refractivity contribution in [3.63, 3.8) is 0 Å². The summed E-state index contributed by atoms with van der Waals surface area (Å²) >= 11 is 8.80. The van der Waals surface area contributed by atoms with Crippen molar-refractivity contribution in [3.05, 3.63) is 65.9 Å². The fraction of sp³-hybridized carbons (Fsp3) is 0.143. The van der Waals surface area contributed by atoms with Crippen molar-refractivity contribution in [1.29, 1.82) is 0 Å². The van der Waals surface area contributed by atoms with Gasteiger partial charge >= 0.3 is 0 Å². The highest BCUT2D eigenvalue weighted by Crippen LogP contribution is 2.28. The third kappa shape index (κ3) is 4.00. The van der Waals surface area contributed by atoms with Gasteiger partial charge in [0, 0.05) is 14.5 Å². The second-order valence-corrected chi connectivity index (χ2v) is 7.09. The summed E-state index contributed by atoms with van der Waals surface area (Å²) < 4.78 is 15.5. The number of benzene rings is 2. The van der Waals surface area contributed by atoms with Gasteiger partial charge in [-0.05, 0) is 80.0 Å². The Bertz CT molecular complexity index is 604. The Morgan fingerprint density at radius 1 is 1.11 bits per heavy atom. The summed E-state index contributed by atoms with van der Waals surface area (Å²) in [7, 11) is 0. The molecule has 0 saturated heterocycles. The molecule has 0 fully saturated rings. The summed E-state index contributed by atoms with van der Waals surface area (Å²) in [6.07, 6.45) is -0.182. The van der Waals surface area contributed by atoms with E-state index in [1.165, 1.54) is 6.07 Å². The maximum absolute atomic E-state index is 13.2. The van der Waals surface area contributed by atoms with Crippen molar-refractivity contribution in [2.24, 2.45) is 0 Å². The van der Waals surface area contributed by atoms with Gasteiger partial charge in [-0.25, -0.2) is 4.39 Å². The molecule has 1 unspecified atom stereocenters. The van der Waals surface area contributed by atoms with Crippen molar-refractivity contribution < 1.29 is 9.50 Å². The van der Waals surface area contributed by atoms with Gasteiger partial charge < -0.3 is 5.11 Å². The smallest absolute Gasteiger partial charge is 0.137 e. The van der Waals surface area contributed by atoms with Gasteiger partial charge in [0.25, 0.3) is 0 Å². The molecule has 0 spiro atoms. The van der Waals surface area contributed by atoms with Gasteiger partial charge in [-0.1, -0.05) is 22.0 Å². The summed E-state index contributed by atoms with van der Waals surface area (Å²) in [6, 6.07) is 10.6. The highest BCUT2D eigenvalue weighted by molar-refractivity contribution is 14.1. The van der Waals surface area contributed by atoms with Crippen LogP contribution in [0, 0.1) is 9.39 Å². The van der Waals surface area contributed by atoms with Crippen molar-refractivity contribution in [2.75, 3.05) is 0 Å². The summed E-state index contributed by atoms with van der Waals surface area (Å²) in [6.45, 7) is 0. The molecule has 1 nitrogen and oxygen atoms in total. The van der Waals surface area contributed by atoms with E-state index in [9.17, 15) is 9.50 Å². The number of aliphatic hydroxyl groups is 1. The molecule has 0 bridgehead atoms. The predicted octanol–water partition coefficient (Wildman–Crippen LogP) is 5.23. The van der Waals surface area contributed by atoms with Crippen LogP contribution in [-0.4, -0.2) is 5.11 Å². The third-order valence-corrected chi connectivity index (χ3v) is 4.73. The maximum atomic E-state index is 13.2. The lowest BCUT2D eigenvalue weighted by molar-refractivity contribution is 0.177. The van der Waals surface area contributed by atoms with Gasteiger partial charge in [0.1, 0.15) is 5.82 Å². The van der Waals surface area contributed by atoms with Crippen molar-refractivity contribution in [3.8, 4) is 0 Å². The van der Waals surface area contributed by atoms with E-state index in [0.717, 1.165) is 19.2 Å². The van der Waals surface area contributed by atoms with Crippen LogP contribution in [0.3, 0.4) is 0 Å². The van der Waals surface area contributed by atoms with Crippen LogP contribution in [0.25, 0.3) is 0 Å². The lowest BCUT2D eigenvalue weighted by Crippen LogP contribution is -2.03. The first-order valence-corrected chi connectivity index (χ1v) is 8.21. The number of hydrogen-bond donors (Lipinski definition) is 1. The van der Waals surface area contributed by atoms with Gasteiger partial charge in [-0.15, -0.1) is 0 Å². The van der Waals surface area contributed by atoms with Gasteiger partial charge in [-0.3, -0.25) is 0 Å². The maximum Gasteiger partial charge on any atom is 0.137 e. The van der Waals surface area contributed by atoms with Crippen LogP contribution in [0.4, 0.5) is 4.39 Å². The molecular formula is C14H10Br2FIO. The van der Waals surface area contributed by atoms with Gasteiger partial charge in [0.05, 0.1) is 10.6 Å². The summed E-state index contributed by atoms with van der Waals surface area (Å²) in [4.78, 5) is 0. The Morgan fingerprint density at radius 3 is 2.53 bits per heavy atom. The SMILES string of the molecule is OC(Cc1ccc(F)c(Br)c1)c1cc(I)ccc1Br. The normalized spacial score (nSPS) is 12.5. The summed E-state index contributed by atoms with van der Waals surface area (Å²) in [5.74, 6) is -0.298. The molecule has 0 aromatic heterocycles. The minimum Gasteiger partial charge on any atom is -0.388 e. The quantitative estimate of drug-likeness (QED) is 0.573. The lowest BCUT2D eigenvalue weighted by atomic mass is 10.0. The largest absolute Gasteiger partial charge is 0.388 e. The van der Waals surface area contributed by atoms with Crippen LogP contribution in [0.1, 0.15) is 17.2 Å². The minimum absolute atomic E-state index is 0.298. The molecule has 0 aliphatic rings. The molecule has 1 atom stereocenters. The minimum atomic E-state index is -0.624. The van der Waals surface area contributed by atoms with Crippen molar-refractivity contribution in [1.82, 2.24) is 0 Å². The average Bonchev–Trinajstić information content (AvgIpc) is 2.36. The first kappa shape index (κ1) is 15.4. The summed E-state index contributed by atoms with van der Waals surface area (Å²) in [5.41, 5.74) is 1.72. The van der Waals surface area contributed by atoms with Crippen LogP contribution < -0.4 is 0 Å². The Labute approximate surface area is 141 Å². The molecule has 0 aliphatic heterocycles. The number of halogens is 4.